The highest BCUT2D eigenvalue weighted by atomic mass is 32.2. The van der Waals surface area contributed by atoms with Gasteiger partial charge in [0.2, 0.25) is 5.91 Å². The fraction of sp³-hybridized carbons (Fsp3) is 0.235. The predicted molar refractivity (Wildman–Crippen MR) is 86.8 cm³/mol. The number of benzene rings is 2. The van der Waals surface area contributed by atoms with Gasteiger partial charge in [-0.15, -0.1) is 11.8 Å². The van der Waals surface area contributed by atoms with Gasteiger partial charge in [-0.2, -0.15) is 0 Å². The van der Waals surface area contributed by atoms with Gasteiger partial charge in [-0.1, -0.05) is 30.3 Å². The van der Waals surface area contributed by atoms with Crippen LogP contribution in [0.1, 0.15) is 16.5 Å². The second-order valence-corrected chi connectivity index (χ2v) is 6.16. The molecule has 114 valence electrons. The Hall–Kier alpha value is -2.14. The van der Waals surface area contributed by atoms with Crippen LogP contribution in [-0.2, 0) is 11.3 Å². The summed E-state index contributed by atoms with van der Waals surface area (Å²) >= 11 is 1.53. The lowest BCUT2D eigenvalue weighted by molar-refractivity contribution is -0.128. The molecule has 1 atom stereocenters. The van der Waals surface area contributed by atoms with Crippen LogP contribution in [-0.4, -0.2) is 28.8 Å². The Labute approximate surface area is 133 Å². The fourth-order valence-corrected chi connectivity index (χ4v) is 3.73. The Bertz CT molecular complexity index is 675. The average Bonchev–Trinajstić information content (AvgIpc) is 2.90. The molecular formula is C17H17NO3S. The Morgan fingerprint density at radius 1 is 1.27 bits per heavy atom. The molecule has 2 aromatic rings. The van der Waals surface area contributed by atoms with Crippen molar-refractivity contribution in [2.24, 2.45) is 0 Å². The van der Waals surface area contributed by atoms with Crippen LogP contribution in [0.3, 0.4) is 0 Å². The number of carbonyl (C=O) groups is 1. The molecule has 0 aliphatic carbocycles. The number of carbonyl (C=O) groups excluding carboxylic acids is 1. The van der Waals surface area contributed by atoms with E-state index in [-0.39, 0.29) is 17.0 Å². The highest BCUT2D eigenvalue weighted by molar-refractivity contribution is 8.00. The van der Waals surface area contributed by atoms with Crippen LogP contribution >= 0.6 is 11.8 Å². The van der Waals surface area contributed by atoms with Crippen molar-refractivity contribution in [2.45, 2.75) is 11.9 Å². The van der Waals surface area contributed by atoms with E-state index in [1.54, 1.807) is 30.2 Å². The molecule has 0 saturated carbocycles. The minimum Gasteiger partial charge on any atom is -0.508 e. The molecule has 1 saturated heterocycles. The summed E-state index contributed by atoms with van der Waals surface area (Å²) in [6.07, 6.45) is 0. The first-order valence-corrected chi connectivity index (χ1v) is 8.06. The van der Waals surface area contributed by atoms with Crippen LogP contribution in [0.15, 0.2) is 48.5 Å². The van der Waals surface area contributed by atoms with E-state index in [9.17, 15) is 9.90 Å². The molecule has 0 radical (unpaired) electrons. The van der Waals surface area contributed by atoms with E-state index in [0.29, 0.717) is 23.6 Å². The quantitative estimate of drug-likeness (QED) is 0.941. The average molecular weight is 315 g/mol. The van der Waals surface area contributed by atoms with Crippen molar-refractivity contribution in [3.63, 3.8) is 0 Å². The molecule has 0 aromatic heterocycles. The zero-order chi connectivity index (χ0) is 15.5. The summed E-state index contributed by atoms with van der Waals surface area (Å²) in [6.45, 7) is 0.536. The van der Waals surface area contributed by atoms with E-state index >= 15 is 0 Å². The fourth-order valence-electron chi connectivity index (χ4n) is 2.52. The number of nitrogens with zero attached hydrogens (tertiary/aromatic N) is 1. The van der Waals surface area contributed by atoms with Crippen LogP contribution < -0.4 is 4.74 Å². The number of hydrogen-bond donors (Lipinski definition) is 1. The second-order valence-electron chi connectivity index (χ2n) is 5.10. The van der Waals surface area contributed by atoms with Gasteiger partial charge in [-0.25, -0.2) is 0 Å². The molecule has 1 N–H and O–H groups in total. The minimum atomic E-state index is -0.192. The van der Waals surface area contributed by atoms with Gasteiger partial charge in [0.25, 0.3) is 0 Å². The Balaban J connectivity index is 1.90. The lowest BCUT2D eigenvalue weighted by Crippen LogP contribution is -2.27. The van der Waals surface area contributed by atoms with E-state index < -0.39 is 0 Å². The molecule has 4 nitrogen and oxygen atoms in total. The zero-order valence-corrected chi connectivity index (χ0v) is 13.0. The number of amides is 1. The number of phenols is 1. The molecule has 0 spiro atoms. The topological polar surface area (TPSA) is 49.8 Å². The van der Waals surface area contributed by atoms with Gasteiger partial charge < -0.3 is 14.7 Å². The summed E-state index contributed by atoms with van der Waals surface area (Å²) in [5, 5.41) is 9.96. The van der Waals surface area contributed by atoms with Gasteiger partial charge in [0.1, 0.15) is 16.9 Å². The van der Waals surface area contributed by atoms with Crippen LogP contribution in [0.25, 0.3) is 0 Å². The number of ether oxygens (including phenoxy) is 1. The minimum absolute atomic E-state index is 0.0843. The van der Waals surface area contributed by atoms with Crippen LogP contribution in [0.4, 0.5) is 0 Å². The predicted octanol–water partition coefficient (Wildman–Crippen LogP) is 3.18. The molecule has 2 aromatic carbocycles. The van der Waals surface area contributed by atoms with Gasteiger partial charge in [0.05, 0.1) is 12.9 Å². The number of methoxy groups -OCH3 is 1. The van der Waals surface area contributed by atoms with Gasteiger partial charge in [0.15, 0.2) is 0 Å². The van der Waals surface area contributed by atoms with Gasteiger partial charge in [-0.05, 0) is 23.8 Å². The Morgan fingerprint density at radius 2 is 2.05 bits per heavy atom. The lowest BCUT2D eigenvalue weighted by atomic mass is 10.1. The summed E-state index contributed by atoms with van der Waals surface area (Å²) in [7, 11) is 1.59. The molecule has 3 rings (SSSR count). The molecule has 0 bridgehead atoms. The molecule has 22 heavy (non-hydrogen) atoms. The van der Waals surface area contributed by atoms with Crippen LogP contribution in [0.2, 0.25) is 0 Å². The SMILES string of the molecule is COc1ccc(O)c(C2SCC(=O)N2Cc2ccccc2)c1. The summed E-state index contributed by atoms with van der Waals surface area (Å²) in [5.74, 6) is 1.37. The summed E-state index contributed by atoms with van der Waals surface area (Å²) in [4.78, 5) is 14.0. The maximum absolute atomic E-state index is 12.2. The maximum Gasteiger partial charge on any atom is 0.234 e. The highest BCUT2D eigenvalue weighted by Crippen LogP contribution is 2.43. The van der Waals surface area contributed by atoms with Gasteiger partial charge in [0, 0.05) is 12.1 Å². The van der Waals surface area contributed by atoms with E-state index in [1.807, 2.05) is 30.3 Å². The Morgan fingerprint density at radius 3 is 2.77 bits per heavy atom. The summed E-state index contributed by atoms with van der Waals surface area (Å²) < 4.78 is 5.23. The van der Waals surface area contributed by atoms with Crippen molar-refractivity contribution in [1.82, 2.24) is 4.90 Å². The molecule has 5 heteroatoms. The van der Waals surface area contributed by atoms with Crippen molar-refractivity contribution < 1.29 is 14.6 Å². The summed E-state index contributed by atoms with van der Waals surface area (Å²) in [6, 6.07) is 15.0. The first-order valence-electron chi connectivity index (χ1n) is 7.01. The first-order chi connectivity index (χ1) is 10.7. The Kier molecular flexibility index (Phi) is 4.24. The van der Waals surface area contributed by atoms with Crippen molar-refractivity contribution >= 4 is 17.7 Å². The summed E-state index contributed by atoms with van der Waals surface area (Å²) in [5.41, 5.74) is 1.79. The third kappa shape index (κ3) is 2.90. The van der Waals surface area contributed by atoms with Crippen molar-refractivity contribution in [3.8, 4) is 11.5 Å². The number of phenolic OH excluding ortho intramolecular Hbond substituents is 1. The van der Waals surface area contributed by atoms with E-state index in [4.69, 9.17) is 4.74 Å². The molecule has 1 amide bonds. The van der Waals surface area contributed by atoms with Crippen LogP contribution in [0.5, 0.6) is 11.5 Å². The standard InChI is InChI=1S/C17H17NO3S/c1-21-13-7-8-15(19)14(9-13)17-18(16(20)11-22-17)10-12-5-3-2-4-6-12/h2-9,17,19H,10-11H2,1H3. The normalized spacial score (nSPS) is 17.8. The number of aromatic hydroxyl groups is 1. The lowest BCUT2D eigenvalue weighted by Gasteiger charge is -2.25. The zero-order valence-electron chi connectivity index (χ0n) is 12.2. The molecule has 1 fully saturated rings. The van der Waals surface area contributed by atoms with E-state index in [0.717, 1.165) is 5.56 Å². The smallest absolute Gasteiger partial charge is 0.234 e. The van der Waals surface area contributed by atoms with Crippen molar-refractivity contribution in [3.05, 3.63) is 59.7 Å². The second kappa shape index (κ2) is 6.32. The first kappa shape index (κ1) is 14.8. The number of hydrogen-bond acceptors (Lipinski definition) is 4. The molecule has 1 unspecified atom stereocenters. The third-order valence-electron chi connectivity index (χ3n) is 3.66. The number of rotatable bonds is 4. The van der Waals surface area contributed by atoms with Crippen LogP contribution in [0, 0.1) is 0 Å². The van der Waals surface area contributed by atoms with Crippen molar-refractivity contribution in [1.29, 1.82) is 0 Å². The monoisotopic (exact) mass is 315 g/mol. The van der Waals surface area contributed by atoms with Gasteiger partial charge in [-0.3, -0.25) is 4.79 Å². The maximum atomic E-state index is 12.2. The van der Waals surface area contributed by atoms with Gasteiger partial charge >= 0.3 is 0 Å². The third-order valence-corrected chi connectivity index (χ3v) is 4.90. The molecule has 1 aliphatic rings. The molecule has 1 aliphatic heterocycles. The van der Waals surface area contributed by atoms with E-state index in [1.165, 1.54) is 11.8 Å². The van der Waals surface area contributed by atoms with E-state index in [2.05, 4.69) is 0 Å². The molecule has 1 heterocycles. The molecular weight excluding hydrogens is 298 g/mol. The number of thioether (sulfide) groups is 1. The van der Waals surface area contributed by atoms with Crippen molar-refractivity contribution in [2.75, 3.05) is 12.9 Å². The highest BCUT2D eigenvalue weighted by Gasteiger charge is 2.34. The largest absolute Gasteiger partial charge is 0.508 e.